The van der Waals surface area contributed by atoms with Crippen molar-refractivity contribution in [2.24, 2.45) is 0 Å². The van der Waals surface area contributed by atoms with Gasteiger partial charge in [-0.3, -0.25) is 4.90 Å². The Kier molecular flexibility index (Phi) is 4.60. The van der Waals surface area contributed by atoms with Crippen molar-refractivity contribution in [2.45, 2.75) is 44.9 Å². The maximum Gasteiger partial charge on any atom is 0.410 e. The van der Waals surface area contributed by atoms with Crippen LogP contribution in [0.15, 0.2) is 18.2 Å². The van der Waals surface area contributed by atoms with E-state index < -0.39 is 29.7 Å². The van der Waals surface area contributed by atoms with Crippen molar-refractivity contribution >= 4 is 6.09 Å². The topological polar surface area (TPSA) is 59.0 Å². The molecular formula is C16H22FNO4. The van der Waals surface area contributed by atoms with E-state index in [0.717, 1.165) is 0 Å². The number of hydrogen-bond donors (Lipinski definition) is 1. The molecule has 2 rings (SSSR count). The molecule has 2 atom stereocenters. The fourth-order valence-electron chi connectivity index (χ4n) is 2.60. The fourth-order valence-corrected chi connectivity index (χ4v) is 2.60. The van der Waals surface area contributed by atoms with E-state index >= 15 is 0 Å². The van der Waals surface area contributed by atoms with Gasteiger partial charge in [0, 0.05) is 5.56 Å². The second kappa shape index (κ2) is 6.12. The van der Waals surface area contributed by atoms with Crippen LogP contribution in [0.2, 0.25) is 0 Å². The number of hydrogen-bond acceptors (Lipinski definition) is 4. The smallest absolute Gasteiger partial charge is 0.410 e. The van der Waals surface area contributed by atoms with E-state index in [4.69, 9.17) is 9.47 Å². The van der Waals surface area contributed by atoms with Gasteiger partial charge in [-0.15, -0.1) is 0 Å². The summed E-state index contributed by atoms with van der Waals surface area (Å²) in [5, 5.41) is 9.93. The predicted molar refractivity (Wildman–Crippen MR) is 79.3 cm³/mol. The summed E-state index contributed by atoms with van der Waals surface area (Å²) in [5.74, 6) is 0.0652. The van der Waals surface area contributed by atoms with Gasteiger partial charge in [-0.25, -0.2) is 9.18 Å². The van der Waals surface area contributed by atoms with Crippen LogP contribution < -0.4 is 4.74 Å². The lowest BCUT2D eigenvalue weighted by molar-refractivity contribution is 0.0205. The van der Waals surface area contributed by atoms with Gasteiger partial charge in [0.1, 0.15) is 17.2 Å². The van der Waals surface area contributed by atoms with Crippen molar-refractivity contribution in [3.8, 4) is 5.75 Å². The molecule has 0 radical (unpaired) electrons. The highest BCUT2D eigenvalue weighted by Crippen LogP contribution is 2.38. The number of aliphatic hydroxyl groups is 1. The number of ether oxygens (including phenoxy) is 2. The van der Waals surface area contributed by atoms with Gasteiger partial charge in [0.2, 0.25) is 0 Å². The highest BCUT2D eigenvalue weighted by Gasteiger charge is 2.39. The third-order valence-corrected chi connectivity index (χ3v) is 3.46. The maximum atomic E-state index is 13.6. The van der Waals surface area contributed by atoms with Crippen molar-refractivity contribution in [1.29, 1.82) is 0 Å². The van der Waals surface area contributed by atoms with Crippen molar-refractivity contribution < 1.29 is 23.8 Å². The van der Waals surface area contributed by atoms with Crippen molar-refractivity contribution in [3.63, 3.8) is 0 Å². The summed E-state index contributed by atoms with van der Waals surface area (Å²) < 4.78 is 24.2. The van der Waals surface area contributed by atoms with Gasteiger partial charge in [-0.05, 0) is 45.4 Å². The Hall–Kier alpha value is -1.82. The van der Waals surface area contributed by atoms with Crippen LogP contribution in [0.25, 0.3) is 0 Å². The van der Waals surface area contributed by atoms with E-state index in [1.165, 1.54) is 30.2 Å². The highest BCUT2D eigenvalue weighted by molar-refractivity contribution is 5.69. The van der Waals surface area contributed by atoms with Crippen LogP contribution in [-0.4, -0.2) is 41.5 Å². The van der Waals surface area contributed by atoms with Crippen LogP contribution in [0.1, 0.15) is 38.8 Å². The number of carbonyl (C=O) groups excluding carboxylic acids is 1. The van der Waals surface area contributed by atoms with Gasteiger partial charge in [0.05, 0.1) is 25.8 Å². The molecular weight excluding hydrogens is 289 g/mol. The third kappa shape index (κ3) is 3.68. The standard InChI is InChI=1S/C16H22FNO4/c1-16(2,3)22-15(20)18-9-11(19)8-13(18)12-7-10(17)5-6-14(12)21-4/h5-7,11,13,19H,8-9H2,1-4H3/t11?,13-/m1/s1. The minimum absolute atomic E-state index is 0.152. The third-order valence-electron chi connectivity index (χ3n) is 3.46. The first-order chi connectivity index (χ1) is 10.2. The molecule has 1 aliphatic rings. The minimum Gasteiger partial charge on any atom is -0.496 e. The summed E-state index contributed by atoms with van der Waals surface area (Å²) in [6.07, 6.45) is -0.884. The molecule has 122 valence electrons. The molecule has 0 saturated carbocycles. The number of aliphatic hydroxyl groups excluding tert-OH is 1. The Morgan fingerprint density at radius 1 is 1.41 bits per heavy atom. The molecule has 6 heteroatoms. The van der Waals surface area contributed by atoms with Crippen molar-refractivity contribution in [2.75, 3.05) is 13.7 Å². The number of nitrogens with zero attached hydrogens (tertiary/aromatic N) is 1. The molecule has 1 fully saturated rings. The van der Waals surface area contributed by atoms with Gasteiger partial charge >= 0.3 is 6.09 Å². The molecule has 5 nitrogen and oxygen atoms in total. The molecule has 0 spiro atoms. The molecule has 1 aliphatic heterocycles. The second-order valence-corrected chi connectivity index (χ2v) is 6.42. The second-order valence-electron chi connectivity index (χ2n) is 6.42. The molecule has 1 amide bonds. The molecule has 0 bridgehead atoms. The molecule has 1 unspecified atom stereocenters. The van der Waals surface area contributed by atoms with Crippen LogP contribution in [-0.2, 0) is 4.74 Å². The molecule has 0 aliphatic carbocycles. The van der Waals surface area contributed by atoms with E-state index in [1.54, 1.807) is 20.8 Å². The average molecular weight is 311 g/mol. The number of likely N-dealkylation sites (tertiary alicyclic amines) is 1. The summed E-state index contributed by atoms with van der Waals surface area (Å²) >= 11 is 0. The lowest BCUT2D eigenvalue weighted by Crippen LogP contribution is -2.37. The molecule has 1 heterocycles. The lowest BCUT2D eigenvalue weighted by Gasteiger charge is -2.29. The number of amides is 1. The van der Waals surface area contributed by atoms with Crippen LogP contribution >= 0.6 is 0 Å². The van der Waals surface area contributed by atoms with Gasteiger partial charge < -0.3 is 14.6 Å². The Bertz CT molecular complexity index is 556. The Labute approximate surface area is 129 Å². The number of carbonyl (C=O) groups is 1. The summed E-state index contributed by atoms with van der Waals surface area (Å²) in [5.41, 5.74) is -0.105. The number of methoxy groups -OCH3 is 1. The zero-order chi connectivity index (χ0) is 16.5. The number of rotatable bonds is 2. The number of benzene rings is 1. The van der Waals surface area contributed by atoms with Gasteiger partial charge in [0.25, 0.3) is 0 Å². The van der Waals surface area contributed by atoms with Gasteiger partial charge in [0.15, 0.2) is 0 Å². The molecule has 1 N–H and O–H groups in total. The van der Waals surface area contributed by atoms with E-state index in [9.17, 15) is 14.3 Å². The van der Waals surface area contributed by atoms with Crippen molar-refractivity contribution in [1.82, 2.24) is 4.90 Å². The summed E-state index contributed by atoms with van der Waals surface area (Å²) in [6.45, 7) is 5.47. The first kappa shape index (κ1) is 16.5. The predicted octanol–water partition coefficient (Wildman–Crippen LogP) is 2.88. The first-order valence-electron chi connectivity index (χ1n) is 7.22. The van der Waals surface area contributed by atoms with Gasteiger partial charge in [-0.1, -0.05) is 0 Å². The highest BCUT2D eigenvalue weighted by atomic mass is 19.1. The Balaban J connectivity index is 2.32. The Morgan fingerprint density at radius 2 is 2.09 bits per heavy atom. The first-order valence-corrected chi connectivity index (χ1v) is 7.22. The quantitative estimate of drug-likeness (QED) is 0.912. The van der Waals surface area contributed by atoms with E-state index in [-0.39, 0.29) is 6.54 Å². The zero-order valence-electron chi connectivity index (χ0n) is 13.3. The van der Waals surface area contributed by atoms with Crippen LogP contribution in [0, 0.1) is 5.82 Å². The van der Waals surface area contributed by atoms with E-state index in [1.807, 2.05) is 0 Å². The van der Waals surface area contributed by atoms with Crippen LogP contribution in [0.5, 0.6) is 5.75 Å². The van der Waals surface area contributed by atoms with Crippen molar-refractivity contribution in [3.05, 3.63) is 29.6 Å². The lowest BCUT2D eigenvalue weighted by atomic mass is 10.0. The summed E-state index contributed by atoms with van der Waals surface area (Å²) in [6, 6.07) is 3.67. The number of halogens is 1. The van der Waals surface area contributed by atoms with Crippen LogP contribution in [0.3, 0.4) is 0 Å². The molecule has 1 aromatic rings. The van der Waals surface area contributed by atoms with Gasteiger partial charge in [-0.2, -0.15) is 0 Å². The summed E-state index contributed by atoms with van der Waals surface area (Å²) in [4.78, 5) is 13.8. The fraction of sp³-hybridized carbons (Fsp3) is 0.562. The SMILES string of the molecule is COc1ccc(F)cc1[C@H]1CC(O)CN1C(=O)OC(C)(C)C. The van der Waals surface area contributed by atoms with E-state index in [0.29, 0.717) is 17.7 Å². The van der Waals surface area contributed by atoms with E-state index in [2.05, 4.69) is 0 Å². The number of β-amino-alcohol motifs (C(OH)–C–C–N with tert-alkyl or cyclic N) is 1. The maximum absolute atomic E-state index is 13.6. The average Bonchev–Trinajstić information content (AvgIpc) is 2.79. The molecule has 1 aromatic carbocycles. The normalized spacial score (nSPS) is 21.8. The largest absolute Gasteiger partial charge is 0.496 e. The van der Waals surface area contributed by atoms with Crippen LogP contribution in [0.4, 0.5) is 9.18 Å². The zero-order valence-corrected chi connectivity index (χ0v) is 13.3. The summed E-state index contributed by atoms with van der Waals surface area (Å²) in [7, 11) is 1.49. The molecule has 22 heavy (non-hydrogen) atoms. The molecule has 0 aromatic heterocycles. The monoisotopic (exact) mass is 311 g/mol. The molecule has 1 saturated heterocycles. The minimum atomic E-state index is -0.675. The Morgan fingerprint density at radius 3 is 2.68 bits per heavy atom.